The van der Waals surface area contributed by atoms with E-state index in [4.69, 9.17) is 14.6 Å². The van der Waals surface area contributed by atoms with Crippen LogP contribution < -0.4 is 5.32 Å². The van der Waals surface area contributed by atoms with Crippen molar-refractivity contribution in [2.24, 2.45) is 0 Å². The summed E-state index contributed by atoms with van der Waals surface area (Å²) in [7, 11) is 0. The molecule has 1 aliphatic heterocycles. The molecule has 2 aliphatic carbocycles. The first-order valence-corrected chi connectivity index (χ1v) is 11.2. The van der Waals surface area contributed by atoms with Crippen molar-refractivity contribution in [3.63, 3.8) is 0 Å². The van der Waals surface area contributed by atoms with Gasteiger partial charge in [0.25, 0.3) is 0 Å². The maximum Gasteiger partial charge on any atom is 0.407 e. The maximum absolute atomic E-state index is 12.6. The van der Waals surface area contributed by atoms with Crippen LogP contribution in [0.3, 0.4) is 0 Å². The number of benzene rings is 2. The van der Waals surface area contributed by atoms with Gasteiger partial charge in [-0.2, -0.15) is 0 Å². The zero-order valence-corrected chi connectivity index (χ0v) is 18.2. The van der Waals surface area contributed by atoms with E-state index < -0.39 is 17.6 Å². The number of carboxylic acid groups (broad SMARTS) is 1. The number of carboxylic acids is 1. The second-order valence-electron chi connectivity index (χ2n) is 9.03. The largest absolute Gasteiger partial charge is 0.480 e. The molecule has 33 heavy (non-hydrogen) atoms. The number of nitrogens with one attached hydrogen (secondary N) is 1. The molecule has 0 spiro atoms. The highest BCUT2D eigenvalue weighted by molar-refractivity contribution is 5.81. The normalized spacial score (nSPS) is 18.1. The Morgan fingerprint density at radius 1 is 1.00 bits per heavy atom. The first-order valence-electron chi connectivity index (χ1n) is 11.2. The van der Waals surface area contributed by atoms with Crippen molar-refractivity contribution in [3.05, 3.63) is 59.7 Å². The predicted molar refractivity (Wildman–Crippen MR) is 119 cm³/mol. The molecule has 2 aromatic rings. The van der Waals surface area contributed by atoms with Gasteiger partial charge in [0, 0.05) is 19.0 Å². The molecule has 1 heterocycles. The number of fused-ring (bicyclic) bond motifs is 3. The minimum absolute atomic E-state index is 0.0104. The van der Waals surface area contributed by atoms with E-state index in [2.05, 4.69) is 29.6 Å². The molecule has 0 atom stereocenters. The second-order valence-corrected chi connectivity index (χ2v) is 9.03. The molecule has 5 rings (SSSR count). The van der Waals surface area contributed by atoms with Crippen molar-refractivity contribution in [2.45, 2.75) is 36.8 Å². The Hall–Kier alpha value is -3.39. The maximum atomic E-state index is 12.6. The lowest BCUT2D eigenvalue weighted by Gasteiger charge is -2.39. The lowest BCUT2D eigenvalue weighted by molar-refractivity contribution is -0.154. The molecule has 0 aromatic heterocycles. The zero-order chi connectivity index (χ0) is 23.0. The molecular formula is C25H26N2O6. The van der Waals surface area contributed by atoms with Gasteiger partial charge in [-0.3, -0.25) is 4.79 Å². The molecule has 0 bridgehead atoms. The van der Waals surface area contributed by atoms with E-state index in [-0.39, 0.29) is 37.6 Å². The van der Waals surface area contributed by atoms with Crippen LogP contribution in [0.1, 0.15) is 36.3 Å². The van der Waals surface area contributed by atoms with Gasteiger partial charge in [-0.15, -0.1) is 0 Å². The third-order valence-electron chi connectivity index (χ3n) is 6.70. The van der Waals surface area contributed by atoms with E-state index in [0.717, 1.165) is 24.0 Å². The lowest BCUT2D eigenvalue weighted by Crippen LogP contribution is -2.56. The Labute approximate surface area is 191 Å². The summed E-state index contributed by atoms with van der Waals surface area (Å²) in [4.78, 5) is 37.3. The Morgan fingerprint density at radius 2 is 1.61 bits per heavy atom. The highest BCUT2D eigenvalue weighted by atomic mass is 16.5. The minimum Gasteiger partial charge on any atom is -0.480 e. The molecule has 172 valence electrons. The molecule has 0 unspecified atom stereocenters. The first-order chi connectivity index (χ1) is 15.9. The van der Waals surface area contributed by atoms with E-state index in [0.29, 0.717) is 13.1 Å². The topological polar surface area (TPSA) is 105 Å². The van der Waals surface area contributed by atoms with Gasteiger partial charge in [0.15, 0.2) is 0 Å². The van der Waals surface area contributed by atoms with Crippen LogP contribution in [0.5, 0.6) is 0 Å². The number of nitrogens with zero attached hydrogens (tertiary/aromatic N) is 1. The quantitative estimate of drug-likeness (QED) is 0.641. The third-order valence-corrected chi connectivity index (χ3v) is 6.70. The van der Waals surface area contributed by atoms with Gasteiger partial charge in [-0.05, 0) is 35.1 Å². The van der Waals surface area contributed by atoms with Crippen LogP contribution in [0.2, 0.25) is 0 Å². The number of hydrogen-bond donors (Lipinski definition) is 2. The van der Waals surface area contributed by atoms with Gasteiger partial charge in [0.1, 0.15) is 13.2 Å². The van der Waals surface area contributed by atoms with Crippen molar-refractivity contribution in [1.82, 2.24) is 10.2 Å². The molecular weight excluding hydrogens is 424 g/mol. The molecule has 2 aromatic carbocycles. The van der Waals surface area contributed by atoms with Gasteiger partial charge in [0.2, 0.25) is 5.91 Å². The Bertz CT molecular complexity index is 1040. The fourth-order valence-corrected chi connectivity index (χ4v) is 4.69. The fraction of sp³-hybridized carbons (Fsp3) is 0.400. The summed E-state index contributed by atoms with van der Waals surface area (Å²) in [6, 6.07) is 16.3. The van der Waals surface area contributed by atoms with Gasteiger partial charge < -0.3 is 24.8 Å². The Morgan fingerprint density at radius 3 is 2.18 bits per heavy atom. The summed E-state index contributed by atoms with van der Waals surface area (Å²) in [5.41, 5.74) is 4.10. The first kappa shape index (κ1) is 21.5. The summed E-state index contributed by atoms with van der Waals surface area (Å²) in [5, 5.41) is 11.6. The number of carbonyl (C=O) groups is 3. The average molecular weight is 450 g/mol. The van der Waals surface area contributed by atoms with Crippen molar-refractivity contribution < 1.29 is 29.0 Å². The number of rotatable bonds is 8. The number of alkyl carbamates (subject to hydrolysis) is 1. The van der Waals surface area contributed by atoms with Crippen molar-refractivity contribution in [1.29, 1.82) is 0 Å². The standard InChI is InChI=1S/C25H26N2O6/c28-22(27-12-16(13-27)32-15-23(29)30)11-25(9-10-25)26-24(31)33-14-21-19-7-3-1-5-17(19)18-6-2-4-8-20(18)21/h1-8,16,21H,9-15H2,(H,26,31)(H,29,30). The van der Waals surface area contributed by atoms with Crippen molar-refractivity contribution >= 4 is 18.0 Å². The van der Waals surface area contributed by atoms with Crippen molar-refractivity contribution in [3.8, 4) is 11.1 Å². The zero-order valence-electron chi connectivity index (χ0n) is 18.2. The molecule has 2 amide bonds. The van der Waals surface area contributed by atoms with Crippen molar-refractivity contribution in [2.75, 3.05) is 26.3 Å². The number of amides is 2. The molecule has 8 nitrogen and oxygen atoms in total. The summed E-state index contributed by atoms with van der Waals surface area (Å²) in [5.74, 6) is -1.10. The van der Waals surface area contributed by atoms with Gasteiger partial charge in [0.05, 0.1) is 18.1 Å². The minimum atomic E-state index is -1.02. The summed E-state index contributed by atoms with van der Waals surface area (Å²) in [6.45, 7) is 0.638. The summed E-state index contributed by atoms with van der Waals surface area (Å²) >= 11 is 0. The second kappa shape index (κ2) is 8.51. The van der Waals surface area contributed by atoms with Crippen LogP contribution in [0.4, 0.5) is 4.79 Å². The van der Waals surface area contributed by atoms with Crippen LogP contribution in [0.15, 0.2) is 48.5 Å². The number of ether oxygens (including phenoxy) is 2. The van der Waals surface area contributed by atoms with Gasteiger partial charge >= 0.3 is 12.1 Å². The highest BCUT2D eigenvalue weighted by Crippen LogP contribution is 2.45. The Balaban J connectivity index is 1.12. The monoisotopic (exact) mass is 450 g/mol. The number of aliphatic carboxylic acids is 1. The number of carbonyl (C=O) groups excluding carboxylic acids is 2. The molecule has 0 radical (unpaired) electrons. The smallest absolute Gasteiger partial charge is 0.407 e. The van der Waals surface area contributed by atoms with Crippen LogP contribution >= 0.6 is 0 Å². The molecule has 2 N–H and O–H groups in total. The highest BCUT2D eigenvalue weighted by Gasteiger charge is 2.48. The molecule has 8 heteroatoms. The van der Waals surface area contributed by atoms with Gasteiger partial charge in [-0.25, -0.2) is 9.59 Å². The molecule has 2 fully saturated rings. The third kappa shape index (κ3) is 4.43. The summed E-state index contributed by atoms with van der Waals surface area (Å²) in [6.07, 6.45) is 0.928. The van der Waals surface area contributed by atoms with Gasteiger partial charge in [-0.1, -0.05) is 48.5 Å². The lowest BCUT2D eigenvalue weighted by atomic mass is 9.98. The predicted octanol–water partition coefficient (Wildman–Crippen LogP) is 2.76. The van der Waals surface area contributed by atoms with Crippen LogP contribution in [0.25, 0.3) is 11.1 Å². The number of hydrogen-bond acceptors (Lipinski definition) is 5. The fourth-order valence-electron chi connectivity index (χ4n) is 4.69. The molecule has 1 saturated heterocycles. The molecule has 3 aliphatic rings. The van der Waals surface area contributed by atoms with E-state index in [1.54, 1.807) is 4.90 Å². The van der Waals surface area contributed by atoms with Crippen LogP contribution in [-0.2, 0) is 19.1 Å². The average Bonchev–Trinajstić information content (AvgIpc) is 3.43. The SMILES string of the molecule is O=C(O)COC1CN(C(=O)CC2(NC(=O)OCC3c4ccccc4-c4ccccc43)CC2)C1. The Kier molecular flexibility index (Phi) is 5.54. The van der Waals surface area contributed by atoms with E-state index in [9.17, 15) is 14.4 Å². The summed E-state index contributed by atoms with van der Waals surface area (Å²) < 4.78 is 10.8. The number of likely N-dealkylation sites (tertiary alicyclic amines) is 1. The van der Waals surface area contributed by atoms with E-state index >= 15 is 0 Å². The van der Waals surface area contributed by atoms with E-state index in [1.165, 1.54) is 11.1 Å². The molecule has 1 saturated carbocycles. The van der Waals surface area contributed by atoms with Crippen LogP contribution in [-0.4, -0.2) is 65.9 Å². The van der Waals surface area contributed by atoms with Crippen LogP contribution in [0, 0.1) is 0 Å². The van der Waals surface area contributed by atoms with E-state index in [1.807, 2.05) is 24.3 Å².